The third-order valence-corrected chi connectivity index (χ3v) is 5.56. The molecule has 216 valence electrons. The first-order valence-corrected chi connectivity index (χ1v) is 11.9. The van der Waals surface area contributed by atoms with Gasteiger partial charge in [0.15, 0.2) is 0 Å². The second kappa shape index (κ2) is 15.2. The minimum atomic E-state index is -4.47. The van der Waals surface area contributed by atoms with Crippen LogP contribution in [0.2, 0.25) is 0 Å². The number of nitrogens with two attached hydrogens (primary N) is 1. The zero-order valence-electron chi connectivity index (χ0n) is 21.0. The monoisotopic (exact) mass is 569 g/mol. The number of hydroxylamine groups is 1. The number of halogens is 3. The number of alkyl halides is 3. The number of hydrogen-bond donors (Lipinski definition) is 6. The van der Waals surface area contributed by atoms with E-state index in [0.717, 1.165) is 6.07 Å². The first-order valence-electron chi connectivity index (χ1n) is 11.9. The van der Waals surface area contributed by atoms with Gasteiger partial charge in [-0.25, -0.2) is 5.48 Å². The number of rotatable bonds is 9. The fourth-order valence-corrected chi connectivity index (χ4v) is 3.50. The van der Waals surface area contributed by atoms with Gasteiger partial charge >= 0.3 is 6.18 Å². The molecule has 0 aliphatic carbocycles. The van der Waals surface area contributed by atoms with Crippen LogP contribution in [0.1, 0.15) is 40.0 Å². The van der Waals surface area contributed by atoms with Crippen LogP contribution in [0.25, 0.3) is 0 Å². The summed E-state index contributed by atoms with van der Waals surface area (Å²) < 4.78 is 39.2. The molecular formula is C29H30F3N5O4. The summed E-state index contributed by atoms with van der Waals surface area (Å²) in [5.41, 5.74) is 8.21. The molecule has 0 unspecified atom stereocenters. The first-order chi connectivity index (χ1) is 19.1. The van der Waals surface area contributed by atoms with Gasteiger partial charge in [-0.15, -0.1) is 0 Å². The number of carbonyl (C=O) groups is 3. The number of amides is 3. The molecule has 0 saturated carbocycles. The van der Waals surface area contributed by atoms with E-state index in [4.69, 9.17) is 10.9 Å². The third kappa shape index (κ3) is 9.77. The van der Waals surface area contributed by atoms with E-state index in [1.807, 2.05) is 0 Å². The highest BCUT2D eigenvalue weighted by Crippen LogP contribution is 2.31. The van der Waals surface area contributed by atoms with E-state index in [-0.39, 0.29) is 38.2 Å². The predicted molar refractivity (Wildman–Crippen MR) is 148 cm³/mol. The Morgan fingerprint density at radius 3 is 2.05 bits per heavy atom. The van der Waals surface area contributed by atoms with Crippen molar-refractivity contribution >= 4 is 23.4 Å². The molecular weight excluding hydrogens is 539 g/mol. The molecule has 41 heavy (non-hydrogen) atoms. The molecule has 12 heteroatoms. The van der Waals surface area contributed by atoms with Crippen molar-refractivity contribution in [1.82, 2.24) is 16.1 Å². The Balaban J connectivity index is 0.00000588. The van der Waals surface area contributed by atoms with Gasteiger partial charge in [-0.05, 0) is 60.2 Å². The van der Waals surface area contributed by atoms with Gasteiger partial charge in [0.2, 0.25) is 5.91 Å². The summed E-state index contributed by atoms with van der Waals surface area (Å²) >= 11 is 0. The SMILES string of the molecule is C.NC[C@H](NC(=O)c1ccc(C#Cc2ccc(NC(=O)CNCc3ccccc3C(F)(F)F)cc2)cc1)C(=O)NO. The third-order valence-electron chi connectivity index (χ3n) is 5.56. The van der Waals surface area contributed by atoms with Crippen LogP contribution in [0.4, 0.5) is 18.9 Å². The van der Waals surface area contributed by atoms with Crippen molar-refractivity contribution in [1.29, 1.82) is 0 Å². The quantitative estimate of drug-likeness (QED) is 0.133. The van der Waals surface area contributed by atoms with Crippen LogP contribution in [-0.2, 0) is 22.3 Å². The van der Waals surface area contributed by atoms with E-state index in [2.05, 4.69) is 27.8 Å². The number of nitrogens with one attached hydrogen (secondary N) is 4. The lowest BCUT2D eigenvalue weighted by molar-refractivity contribution is -0.138. The molecule has 3 aromatic carbocycles. The standard InChI is InChI=1S/C28H26F3N5O4.CH4/c29-28(30,31)23-4-2-1-3-21(23)16-33-17-25(37)34-22-13-9-19(10-14-22)6-5-18-7-11-20(12-8-18)26(38)35-24(15-32)27(39)36-40;/h1-4,7-14,24,33,40H,15-17,32H2,(H,34,37)(H,35,38)(H,36,39);1H4/t24-;/m0./s1. The molecule has 0 fully saturated rings. The van der Waals surface area contributed by atoms with Crippen LogP contribution < -0.4 is 27.2 Å². The molecule has 9 nitrogen and oxygen atoms in total. The Labute approximate surface area is 235 Å². The van der Waals surface area contributed by atoms with Crippen molar-refractivity contribution in [3.05, 3.63) is 101 Å². The van der Waals surface area contributed by atoms with Gasteiger partial charge in [0.25, 0.3) is 11.8 Å². The number of carbonyl (C=O) groups excluding carboxylic acids is 3. The first kappa shape index (κ1) is 32.5. The lowest BCUT2D eigenvalue weighted by Crippen LogP contribution is -2.50. The molecule has 0 radical (unpaired) electrons. The zero-order chi connectivity index (χ0) is 29.1. The molecule has 0 aromatic heterocycles. The van der Waals surface area contributed by atoms with E-state index in [9.17, 15) is 27.6 Å². The Morgan fingerprint density at radius 2 is 1.49 bits per heavy atom. The highest BCUT2D eigenvalue weighted by Gasteiger charge is 2.32. The average molecular weight is 570 g/mol. The van der Waals surface area contributed by atoms with Crippen LogP contribution >= 0.6 is 0 Å². The molecule has 0 heterocycles. The van der Waals surface area contributed by atoms with E-state index in [1.165, 1.54) is 35.8 Å². The lowest BCUT2D eigenvalue weighted by Gasteiger charge is -2.14. The van der Waals surface area contributed by atoms with Gasteiger partial charge < -0.3 is 21.7 Å². The summed E-state index contributed by atoms with van der Waals surface area (Å²) in [6, 6.07) is 17.1. The van der Waals surface area contributed by atoms with E-state index < -0.39 is 35.5 Å². The number of anilines is 1. The molecule has 0 aliphatic heterocycles. The van der Waals surface area contributed by atoms with Gasteiger partial charge in [-0.1, -0.05) is 37.5 Å². The molecule has 7 N–H and O–H groups in total. The summed E-state index contributed by atoms with van der Waals surface area (Å²) in [6.45, 7) is -0.483. The van der Waals surface area contributed by atoms with Gasteiger partial charge in [0.1, 0.15) is 6.04 Å². The summed E-state index contributed by atoms with van der Waals surface area (Å²) in [4.78, 5) is 35.9. The Kier molecular flexibility index (Phi) is 12.0. The van der Waals surface area contributed by atoms with Crippen LogP contribution in [0.5, 0.6) is 0 Å². The van der Waals surface area contributed by atoms with E-state index in [0.29, 0.717) is 16.8 Å². The van der Waals surface area contributed by atoms with Crippen molar-refractivity contribution in [3.63, 3.8) is 0 Å². The highest BCUT2D eigenvalue weighted by molar-refractivity contribution is 5.97. The molecule has 0 spiro atoms. The fourth-order valence-electron chi connectivity index (χ4n) is 3.50. The molecule has 1 atom stereocenters. The minimum Gasteiger partial charge on any atom is -0.339 e. The average Bonchev–Trinajstić information content (AvgIpc) is 2.95. The van der Waals surface area contributed by atoms with E-state index >= 15 is 0 Å². The summed E-state index contributed by atoms with van der Waals surface area (Å²) in [7, 11) is 0. The summed E-state index contributed by atoms with van der Waals surface area (Å²) in [6.07, 6.45) is -4.47. The van der Waals surface area contributed by atoms with Gasteiger partial charge in [-0.2, -0.15) is 13.2 Å². The molecule has 0 aliphatic rings. The van der Waals surface area contributed by atoms with Crippen molar-refractivity contribution < 1.29 is 32.8 Å². The molecule has 0 bridgehead atoms. The smallest absolute Gasteiger partial charge is 0.339 e. The maximum Gasteiger partial charge on any atom is 0.416 e. The summed E-state index contributed by atoms with van der Waals surface area (Å²) in [5.74, 6) is 4.12. The Bertz CT molecular complexity index is 1400. The maximum atomic E-state index is 13.1. The number of benzene rings is 3. The van der Waals surface area contributed by atoms with E-state index in [1.54, 1.807) is 36.4 Å². The van der Waals surface area contributed by atoms with Gasteiger partial charge in [-0.3, -0.25) is 19.6 Å². The second-order valence-electron chi connectivity index (χ2n) is 8.45. The Morgan fingerprint density at radius 1 is 0.902 bits per heavy atom. The van der Waals surface area contributed by atoms with Crippen LogP contribution in [0.3, 0.4) is 0 Å². The Hall–Kier alpha value is -4.70. The normalized spacial score (nSPS) is 11.2. The fraction of sp³-hybridized carbons (Fsp3) is 0.207. The minimum absolute atomic E-state index is 0. The lowest BCUT2D eigenvalue weighted by atomic mass is 10.1. The molecule has 0 saturated heterocycles. The highest BCUT2D eigenvalue weighted by atomic mass is 19.4. The molecule has 3 aromatic rings. The van der Waals surface area contributed by atoms with Crippen molar-refractivity contribution in [3.8, 4) is 11.8 Å². The largest absolute Gasteiger partial charge is 0.416 e. The molecule has 3 amide bonds. The molecule has 3 rings (SSSR count). The van der Waals surface area contributed by atoms with Crippen LogP contribution in [0, 0.1) is 11.8 Å². The van der Waals surface area contributed by atoms with Crippen molar-refractivity contribution in [2.24, 2.45) is 5.73 Å². The maximum absolute atomic E-state index is 13.1. The zero-order valence-corrected chi connectivity index (χ0v) is 21.0. The topological polar surface area (TPSA) is 146 Å². The summed E-state index contributed by atoms with van der Waals surface area (Å²) in [5, 5.41) is 16.5. The van der Waals surface area contributed by atoms with Gasteiger partial charge in [0.05, 0.1) is 12.1 Å². The van der Waals surface area contributed by atoms with Crippen molar-refractivity contribution in [2.75, 3.05) is 18.4 Å². The van der Waals surface area contributed by atoms with Crippen molar-refractivity contribution in [2.45, 2.75) is 26.2 Å². The number of hydrogen-bond acceptors (Lipinski definition) is 6. The van der Waals surface area contributed by atoms with Crippen LogP contribution in [0.15, 0.2) is 72.8 Å². The predicted octanol–water partition coefficient (Wildman–Crippen LogP) is 3.03. The van der Waals surface area contributed by atoms with Crippen LogP contribution in [-0.4, -0.2) is 42.1 Å². The van der Waals surface area contributed by atoms with Gasteiger partial charge in [0, 0.05) is 35.5 Å². The second-order valence-corrected chi connectivity index (χ2v) is 8.45.